The van der Waals surface area contributed by atoms with Gasteiger partial charge in [0.2, 0.25) is 0 Å². The molecule has 0 saturated heterocycles. The lowest BCUT2D eigenvalue weighted by molar-refractivity contribution is 0.126. The van der Waals surface area contributed by atoms with E-state index in [1.54, 1.807) is 12.1 Å². The van der Waals surface area contributed by atoms with Gasteiger partial charge in [0.15, 0.2) is 0 Å². The second-order valence-electron chi connectivity index (χ2n) is 5.55. The van der Waals surface area contributed by atoms with Gasteiger partial charge in [-0.25, -0.2) is 4.39 Å². The Bertz CT molecular complexity index is 375. The molecule has 0 spiro atoms. The summed E-state index contributed by atoms with van der Waals surface area (Å²) in [5, 5.41) is 10.1. The Morgan fingerprint density at radius 1 is 1.32 bits per heavy atom. The summed E-state index contributed by atoms with van der Waals surface area (Å²) >= 11 is 0. The van der Waals surface area contributed by atoms with E-state index in [0.29, 0.717) is 6.42 Å². The molecule has 2 rings (SSSR count). The van der Waals surface area contributed by atoms with Crippen molar-refractivity contribution in [2.24, 2.45) is 5.92 Å². The molecule has 19 heavy (non-hydrogen) atoms. The van der Waals surface area contributed by atoms with Gasteiger partial charge in [-0.2, -0.15) is 0 Å². The molecule has 3 heteroatoms. The van der Waals surface area contributed by atoms with E-state index < -0.39 is 6.10 Å². The van der Waals surface area contributed by atoms with Crippen molar-refractivity contribution in [3.05, 3.63) is 35.6 Å². The molecular formula is C16H24FNO. The van der Waals surface area contributed by atoms with Crippen LogP contribution < -0.4 is 0 Å². The second-order valence-corrected chi connectivity index (χ2v) is 5.55. The van der Waals surface area contributed by atoms with Crippen molar-refractivity contribution in [1.29, 1.82) is 0 Å². The first-order chi connectivity index (χ1) is 9.19. The van der Waals surface area contributed by atoms with Crippen LogP contribution in [0.25, 0.3) is 0 Å². The van der Waals surface area contributed by atoms with Gasteiger partial charge in [-0.05, 0) is 49.4 Å². The molecule has 1 atom stereocenters. The van der Waals surface area contributed by atoms with Gasteiger partial charge < -0.3 is 10.0 Å². The topological polar surface area (TPSA) is 23.5 Å². The lowest BCUT2D eigenvalue weighted by Crippen LogP contribution is -2.33. The van der Waals surface area contributed by atoms with E-state index >= 15 is 0 Å². The number of aliphatic hydroxyl groups is 1. The van der Waals surface area contributed by atoms with Gasteiger partial charge in [-0.15, -0.1) is 0 Å². The average molecular weight is 265 g/mol. The van der Waals surface area contributed by atoms with Crippen molar-refractivity contribution < 1.29 is 9.50 Å². The van der Waals surface area contributed by atoms with Gasteiger partial charge in [-0.3, -0.25) is 0 Å². The number of aliphatic hydroxyl groups excluding tert-OH is 1. The van der Waals surface area contributed by atoms with Crippen molar-refractivity contribution in [2.45, 2.75) is 38.7 Å². The Labute approximate surface area is 115 Å². The van der Waals surface area contributed by atoms with Crippen LogP contribution in [0.5, 0.6) is 0 Å². The Morgan fingerprint density at radius 3 is 2.53 bits per heavy atom. The molecule has 0 amide bonds. The molecule has 1 aliphatic rings. The third kappa shape index (κ3) is 4.29. The lowest BCUT2D eigenvalue weighted by Gasteiger charge is -2.32. The molecule has 0 aliphatic heterocycles. The summed E-state index contributed by atoms with van der Waals surface area (Å²) in [5.74, 6) is 0.610. The highest BCUT2D eigenvalue weighted by Gasteiger charge is 2.20. The van der Waals surface area contributed by atoms with Crippen molar-refractivity contribution in [3.8, 4) is 0 Å². The molecule has 106 valence electrons. The molecule has 0 aromatic heterocycles. The quantitative estimate of drug-likeness (QED) is 0.817. The summed E-state index contributed by atoms with van der Waals surface area (Å²) < 4.78 is 12.8. The fraction of sp³-hybridized carbons (Fsp3) is 0.625. The molecule has 1 unspecified atom stereocenters. The van der Waals surface area contributed by atoms with E-state index in [-0.39, 0.29) is 5.82 Å². The molecule has 1 aliphatic carbocycles. The maximum Gasteiger partial charge on any atom is 0.123 e. The molecule has 0 heterocycles. The second kappa shape index (κ2) is 7.01. The van der Waals surface area contributed by atoms with Crippen LogP contribution in [-0.2, 0) is 0 Å². The van der Waals surface area contributed by atoms with E-state index in [1.165, 1.54) is 31.4 Å². The van der Waals surface area contributed by atoms with Crippen LogP contribution in [-0.4, -0.2) is 29.6 Å². The molecular weight excluding hydrogens is 241 g/mol. The van der Waals surface area contributed by atoms with E-state index in [1.807, 2.05) is 0 Å². The maximum absolute atomic E-state index is 12.8. The molecule has 0 radical (unpaired) electrons. The van der Waals surface area contributed by atoms with Crippen LogP contribution in [0.15, 0.2) is 24.3 Å². The number of nitrogens with zero attached hydrogens (tertiary/aromatic N) is 1. The Hall–Kier alpha value is -0.930. The number of halogens is 1. The van der Waals surface area contributed by atoms with Crippen LogP contribution in [0.2, 0.25) is 0 Å². The van der Waals surface area contributed by atoms with Crippen LogP contribution in [0.4, 0.5) is 4.39 Å². The van der Waals surface area contributed by atoms with Crippen LogP contribution in [0.1, 0.15) is 44.3 Å². The first kappa shape index (κ1) is 14.5. The predicted octanol–water partition coefficient (Wildman–Crippen LogP) is 3.37. The monoisotopic (exact) mass is 265 g/mol. The number of rotatable bonds is 7. The largest absolute Gasteiger partial charge is 0.388 e. The van der Waals surface area contributed by atoms with E-state index in [4.69, 9.17) is 0 Å². The number of hydrogen-bond donors (Lipinski definition) is 1. The van der Waals surface area contributed by atoms with Gasteiger partial charge in [0.25, 0.3) is 0 Å². The van der Waals surface area contributed by atoms with Crippen LogP contribution in [0, 0.1) is 11.7 Å². The number of benzene rings is 1. The van der Waals surface area contributed by atoms with Gasteiger partial charge in [0.1, 0.15) is 5.82 Å². The predicted molar refractivity (Wildman–Crippen MR) is 75.4 cm³/mol. The first-order valence-corrected chi connectivity index (χ1v) is 7.35. The summed E-state index contributed by atoms with van der Waals surface area (Å²) in [6.45, 7) is 5.27. The van der Waals surface area contributed by atoms with E-state index in [0.717, 1.165) is 31.1 Å². The molecule has 2 nitrogen and oxygen atoms in total. The van der Waals surface area contributed by atoms with Gasteiger partial charge in [0, 0.05) is 13.1 Å². The SMILES string of the molecule is CCN(CCC(O)c1ccc(F)cc1)CC1CCC1. The highest BCUT2D eigenvalue weighted by Crippen LogP contribution is 2.27. The molecule has 1 aromatic rings. The zero-order valence-corrected chi connectivity index (χ0v) is 11.7. The Balaban J connectivity index is 1.77. The lowest BCUT2D eigenvalue weighted by atomic mass is 9.85. The minimum atomic E-state index is -0.490. The number of hydrogen-bond acceptors (Lipinski definition) is 2. The van der Waals surface area contributed by atoms with Crippen molar-refractivity contribution in [3.63, 3.8) is 0 Å². The molecule has 0 bridgehead atoms. The minimum Gasteiger partial charge on any atom is -0.388 e. The third-order valence-corrected chi connectivity index (χ3v) is 4.16. The van der Waals surface area contributed by atoms with Crippen LogP contribution in [0.3, 0.4) is 0 Å². The first-order valence-electron chi connectivity index (χ1n) is 7.35. The Morgan fingerprint density at radius 2 is 2.00 bits per heavy atom. The molecule has 1 N–H and O–H groups in total. The summed E-state index contributed by atoms with van der Waals surface area (Å²) in [7, 11) is 0. The summed E-state index contributed by atoms with van der Waals surface area (Å²) in [4.78, 5) is 2.41. The van der Waals surface area contributed by atoms with Gasteiger partial charge >= 0.3 is 0 Å². The van der Waals surface area contributed by atoms with Gasteiger partial charge in [0.05, 0.1) is 6.10 Å². The highest BCUT2D eigenvalue weighted by molar-refractivity contribution is 5.18. The molecule has 1 saturated carbocycles. The smallest absolute Gasteiger partial charge is 0.123 e. The van der Waals surface area contributed by atoms with Crippen molar-refractivity contribution >= 4 is 0 Å². The normalized spacial score (nSPS) is 17.5. The molecule has 1 fully saturated rings. The zero-order valence-electron chi connectivity index (χ0n) is 11.7. The minimum absolute atomic E-state index is 0.254. The zero-order chi connectivity index (χ0) is 13.7. The van der Waals surface area contributed by atoms with Crippen molar-refractivity contribution in [1.82, 2.24) is 4.90 Å². The molecule has 1 aromatic carbocycles. The van der Waals surface area contributed by atoms with E-state index in [9.17, 15) is 9.50 Å². The van der Waals surface area contributed by atoms with E-state index in [2.05, 4.69) is 11.8 Å². The van der Waals surface area contributed by atoms with Crippen LogP contribution >= 0.6 is 0 Å². The average Bonchev–Trinajstić information content (AvgIpc) is 2.37. The van der Waals surface area contributed by atoms with Crippen molar-refractivity contribution in [2.75, 3.05) is 19.6 Å². The fourth-order valence-electron chi connectivity index (χ4n) is 2.58. The fourth-order valence-corrected chi connectivity index (χ4v) is 2.58. The van der Waals surface area contributed by atoms with Gasteiger partial charge in [-0.1, -0.05) is 25.5 Å². The summed E-state index contributed by atoms with van der Waals surface area (Å²) in [6, 6.07) is 6.15. The Kier molecular flexibility index (Phi) is 5.34. The maximum atomic E-state index is 12.8. The summed E-state index contributed by atoms with van der Waals surface area (Å²) in [5.41, 5.74) is 0.807. The highest BCUT2D eigenvalue weighted by atomic mass is 19.1. The summed E-state index contributed by atoms with van der Waals surface area (Å²) in [6.07, 6.45) is 4.32. The standard InChI is InChI=1S/C16H24FNO/c1-2-18(12-13-4-3-5-13)11-10-16(19)14-6-8-15(17)9-7-14/h6-9,13,16,19H,2-5,10-12H2,1H3. The third-order valence-electron chi connectivity index (χ3n) is 4.16.